The Kier molecular flexibility index (Phi) is 4.39. The summed E-state index contributed by atoms with van der Waals surface area (Å²) in [5, 5.41) is 0. The van der Waals surface area contributed by atoms with Gasteiger partial charge < -0.3 is 4.43 Å². The maximum absolute atomic E-state index is 12.6. The largest absolute Gasteiger partial charge is 0.547 e. The second-order valence-electron chi connectivity index (χ2n) is 3.98. The maximum atomic E-state index is 12.6. The van der Waals surface area contributed by atoms with E-state index in [4.69, 9.17) is 4.43 Å². The molecule has 1 aromatic rings. The van der Waals surface area contributed by atoms with Crippen LogP contribution in [-0.2, 0) is 12.6 Å². The fourth-order valence-electron chi connectivity index (χ4n) is 1.42. The molecule has 0 saturated carbocycles. The minimum atomic E-state index is -4.33. The average Bonchev–Trinajstić information content (AvgIpc) is 2.18. The Morgan fingerprint density at radius 2 is 2.00 bits per heavy atom. The van der Waals surface area contributed by atoms with Crippen molar-refractivity contribution in [3.8, 4) is 5.75 Å². The number of allylic oxidation sites excluding steroid dienone is 1. The van der Waals surface area contributed by atoms with Crippen LogP contribution in [0.2, 0.25) is 13.1 Å². The van der Waals surface area contributed by atoms with Crippen LogP contribution in [0.4, 0.5) is 13.2 Å². The molecular formula is C12H15F3OSi. The molecule has 0 aliphatic carbocycles. The monoisotopic (exact) mass is 260 g/mol. The van der Waals surface area contributed by atoms with E-state index < -0.39 is 20.8 Å². The Morgan fingerprint density at radius 1 is 1.35 bits per heavy atom. The van der Waals surface area contributed by atoms with Crippen molar-refractivity contribution in [3.05, 3.63) is 42.0 Å². The van der Waals surface area contributed by atoms with Crippen LogP contribution in [-0.4, -0.2) is 9.04 Å². The predicted octanol–water partition coefficient (Wildman–Crippen LogP) is 3.80. The van der Waals surface area contributed by atoms with Crippen molar-refractivity contribution < 1.29 is 17.6 Å². The quantitative estimate of drug-likeness (QED) is 0.591. The van der Waals surface area contributed by atoms with Gasteiger partial charge in [0.25, 0.3) is 0 Å². The summed E-state index contributed by atoms with van der Waals surface area (Å²) in [5.74, 6) is 0.335. The van der Waals surface area contributed by atoms with Crippen molar-refractivity contribution >= 4 is 9.04 Å². The molecule has 0 atom stereocenters. The van der Waals surface area contributed by atoms with Crippen LogP contribution in [0, 0.1) is 0 Å². The van der Waals surface area contributed by atoms with E-state index >= 15 is 0 Å². The molecule has 0 bridgehead atoms. The third-order valence-corrected chi connectivity index (χ3v) is 2.85. The first-order valence-corrected chi connectivity index (χ1v) is 8.10. The summed E-state index contributed by atoms with van der Waals surface area (Å²) < 4.78 is 43.2. The van der Waals surface area contributed by atoms with E-state index in [1.54, 1.807) is 6.08 Å². The summed E-state index contributed by atoms with van der Waals surface area (Å²) in [6, 6.07) is 3.61. The van der Waals surface area contributed by atoms with Crippen LogP contribution in [0.15, 0.2) is 30.9 Å². The zero-order valence-corrected chi connectivity index (χ0v) is 11.0. The van der Waals surface area contributed by atoms with Gasteiger partial charge in [0, 0.05) is 0 Å². The number of rotatable bonds is 4. The number of hydrogen-bond acceptors (Lipinski definition) is 1. The summed E-state index contributed by atoms with van der Waals surface area (Å²) >= 11 is 0. The van der Waals surface area contributed by atoms with Gasteiger partial charge in [-0.05, 0) is 37.2 Å². The number of alkyl halides is 3. The topological polar surface area (TPSA) is 9.23 Å². The SMILES string of the molecule is C=CCc1ccc(C(F)(F)F)cc1O[SiH](C)C. The van der Waals surface area contributed by atoms with Crippen molar-refractivity contribution in [1.29, 1.82) is 0 Å². The Bertz CT molecular complexity index is 399. The summed E-state index contributed by atoms with van der Waals surface area (Å²) in [5.41, 5.74) is 0.0733. The highest BCUT2D eigenvalue weighted by Gasteiger charge is 2.31. The lowest BCUT2D eigenvalue weighted by Gasteiger charge is -2.16. The molecule has 0 fully saturated rings. The van der Waals surface area contributed by atoms with Crippen LogP contribution < -0.4 is 4.43 Å². The Balaban J connectivity index is 3.14. The molecule has 1 aromatic carbocycles. The second kappa shape index (κ2) is 5.40. The zero-order chi connectivity index (χ0) is 13.1. The minimum Gasteiger partial charge on any atom is -0.547 e. The second-order valence-corrected chi connectivity index (χ2v) is 6.31. The smallest absolute Gasteiger partial charge is 0.416 e. The van der Waals surface area contributed by atoms with Crippen molar-refractivity contribution in [2.24, 2.45) is 0 Å². The van der Waals surface area contributed by atoms with E-state index in [2.05, 4.69) is 6.58 Å². The van der Waals surface area contributed by atoms with Gasteiger partial charge in [-0.25, -0.2) is 0 Å². The molecular weight excluding hydrogens is 245 g/mol. The first-order valence-electron chi connectivity index (χ1n) is 5.32. The van der Waals surface area contributed by atoms with Gasteiger partial charge in [0.15, 0.2) is 0 Å². The lowest BCUT2D eigenvalue weighted by atomic mass is 10.1. The van der Waals surface area contributed by atoms with Crippen molar-refractivity contribution in [1.82, 2.24) is 0 Å². The highest BCUT2D eigenvalue weighted by Crippen LogP contribution is 2.33. The van der Waals surface area contributed by atoms with Gasteiger partial charge in [0.1, 0.15) is 5.75 Å². The molecule has 0 radical (unpaired) electrons. The molecule has 0 amide bonds. The molecule has 0 heterocycles. The van der Waals surface area contributed by atoms with Gasteiger partial charge >= 0.3 is 6.18 Å². The van der Waals surface area contributed by atoms with Crippen LogP contribution in [0.25, 0.3) is 0 Å². The molecule has 0 N–H and O–H groups in total. The molecule has 0 aromatic heterocycles. The number of benzene rings is 1. The molecule has 1 nitrogen and oxygen atoms in total. The molecule has 94 valence electrons. The van der Waals surface area contributed by atoms with Gasteiger partial charge in [-0.3, -0.25) is 0 Å². The van der Waals surface area contributed by atoms with Crippen molar-refractivity contribution in [2.75, 3.05) is 0 Å². The molecule has 1 rings (SSSR count). The lowest BCUT2D eigenvalue weighted by molar-refractivity contribution is -0.137. The molecule has 0 spiro atoms. The molecule has 0 aliphatic heterocycles. The van der Waals surface area contributed by atoms with Gasteiger partial charge in [-0.15, -0.1) is 6.58 Å². The molecule has 0 unspecified atom stereocenters. The maximum Gasteiger partial charge on any atom is 0.416 e. The van der Waals surface area contributed by atoms with E-state index in [0.29, 0.717) is 12.2 Å². The summed E-state index contributed by atoms with van der Waals surface area (Å²) in [7, 11) is -1.43. The van der Waals surface area contributed by atoms with Crippen LogP contribution >= 0.6 is 0 Å². The van der Waals surface area contributed by atoms with Crippen molar-refractivity contribution in [3.63, 3.8) is 0 Å². The lowest BCUT2D eigenvalue weighted by Crippen LogP contribution is -2.14. The highest BCUT2D eigenvalue weighted by molar-refractivity contribution is 6.49. The Morgan fingerprint density at radius 3 is 2.47 bits per heavy atom. The number of hydrogen-bond donors (Lipinski definition) is 0. The molecule has 0 saturated heterocycles. The third-order valence-electron chi connectivity index (χ3n) is 2.12. The standard InChI is InChI=1S/C12H15F3OSi/c1-4-5-9-6-7-10(12(13,14)15)8-11(9)16-17(2)3/h4,6-8,17H,1,5H2,2-3H3. The Labute approximate surface area is 101 Å². The normalized spacial score (nSPS) is 11.6. The van der Waals surface area contributed by atoms with Crippen LogP contribution in [0.3, 0.4) is 0 Å². The van der Waals surface area contributed by atoms with E-state index in [0.717, 1.165) is 17.7 Å². The van der Waals surface area contributed by atoms with Gasteiger partial charge in [-0.2, -0.15) is 13.2 Å². The zero-order valence-electron chi connectivity index (χ0n) is 9.84. The van der Waals surface area contributed by atoms with Gasteiger partial charge in [0.05, 0.1) is 5.56 Å². The van der Waals surface area contributed by atoms with E-state index in [-0.39, 0.29) is 0 Å². The van der Waals surface area contributed by atoms with Gasteiger partial charge in [0.2, 0.25) is 9.04 Å². The van der Waals surface area contributed by atoms with Gasteiger partial charge in [-0.1, -0.05) is 12.1 Å². The van der Waals surface area contributed by atoms with E-state index in [9.17, 15) is 13.2 Å². The van der Waals surface area contributed by atoms with E-state index in [1.165, 1.54) is 6.07 Å². The van der Waals surface area contributed by atoms with Crippen molar-refractivity contribution in [2.45, 2.75) is 25.7 Å². The van der Waals surface area contributed by atoms with Crippen LogP contribution in [0.5, 0.6) is 5.75 Å². The average molecular weight is 260 g/mol. The predicted molar refractivity (Wildman–Crippen MR) is 64.9 cm³/mol. The third kappa shape index (κ3) is 3.92. The van der Waals surface area contributed by atoms with Crippen LogP contribution in [0.1, 0.15) is 11.1 Å². The molecule has 5 heteroatoms. The first-order chi connectivity index (χ1) is 7.84. The Hall–Kier alpha value is -1.23. The summed E-state index contributed by atoms with van der Waals surface area (Å²) in [6.07, 6.45) is -2.17. The highest BCUT2D eigenvalue weighted by atomic mass is 28.3. The molecule has 0 aliphatic rings. The van der Waals surface area contributed by atoms with E-state index in [1.807, 2.05) is 13.1 Å². The first kappa shape index (κ1) is 13.8. The molecule has 17 heavy (non-hydrogen) atoms. The summed E-state index contributed by atoms with van der Waals surface area (Å²) in [6.45, 7) is 7.41. The summed E-state index contributed by atoms with van der Waals surface area (Å²) in [4.78, 5) is 0. The fraction of sp³-hybridized carbons (Fsp3) is 0.333. The fourth-order valence-corrected chi connectivity index (χ4v) is 2.15. The minimum absolute atomic E-state index is 0.335. The number of halogens is 3.